The van der Waals surface area contributed by atoms with E-state index < -0.39 is 17.8 Å². The SMILES string of the molecule is O=C1NC(=O)N(c2ccc(Br)cc2)C(=O)/C1=C/c1ccc(OCc2ccccc2F)c(Cl)c1. The summed E-state index contributed by atoms with van der Waals surface area (Å²) in [7, 11) is 0. The first-order valence-electron chi connectivity index (χ1n) is 9.66. The lowest BCUT2D eigenvalue weighted by Gasteiger charge is -2.26. The van der Waals surface area contributed by atoms with Gasteiger partial charge in [0.05, 0.1) is 10.7 Å². The molecule has 4 amide bonds. The van der Waals surface area contributed by atoms with Crippen molar-refractivity contribution >= 4 is 57.1 Å². The van der Waals surface area contributed by atoms with Crippen LogP contribution in [0.1, 0.15) is 11.1 Å². The van der Waals surface area contributed by atoms with E-state index in [1.54, 1.807) is 54.6 Å². The topological polar surface area (TPSA) is 75.7 Å². The highest BCUT2D eigenvalue weighted by molar-refractivity contribution is 9.10. The smallest absolute Gasteiger partial charge is 0.335 e. The molecule has 1 saturated heterocycles. The van der Waals surface area contributed by atoms with Crippen molar-refractivity contribution in [1.29, 1.82) is 0 Å². The fourth-order valence-corrected chi connectivity index (χ4v) is 3.65. The summed E-state index contributed by atoms with van der Waals surface area (Å²) in [5, 5.41) is 2.38. The Hall–Kier alpha value is -3.49. The number of hydrogen-bond acceptors (Lipinski definition) is 4. The molecular weight excluding hydrogens is 515 g/mol. The van der Waals surface area contributed by atoms with Gasteiger partial charge in [-0.1, -0.05) is 51.8 Å². The molecule has 0 atom stereocenters. The molecule has 1 heterocycles. The zero-order chi connectivity index (χ0) is 23.5. The Morgan fingerprint density at radius 1 is 1.03 bits per heavy atom. The second-order valence-corrected chi connectivity index (χ2v) is 8.33. The van der Waals surface area contributed by atoms with E-state index in [-0.39, 0.29) is 23.0 Å². The highest BCUT2D eigenvalue weighted by Gasteiger charge is 2.36. The Kier molecular flexibility index (Phi) is 6.57. The first-order chi connectivity index (χ1) is 15.8. The third-order valence-electron chi connectivity index (χ3n) is 4.79. The Labute approximate surface area is 201 Å². The zero-order valence-corrected chi connectivity index (χ0v) is 19.2. The molecule has 4 rings (SSSR count). The lowest BCUT2D eigenvalue weighted by atomic mass is 10.1. The van der Waals surface area contributed by atoms with Gasteiger partial charge in [-0.15, -0.1) is 0 Å². The van der Waals surface area contributed by atoms with Crippen molar-refractivity contribution in [2.24, 2.45) is 0 Å². The summed E-state index contributed by atoms with van der Waals surface area (Å²) in [6.07, 6.45) is 1.34. The molecule has 166 valence electrons. The number of imide groups is 2. The van der Waals surface area contributed by atoms with Gasteiger partial charge in [0.15, 0.2) is 0 Å². The van der Waals surface area contributed by atoms with Crippen LogP contribution < -0.4 is 15.0 Å². The summed E-state index contributed by atoms with van der Waals surface area (Å²) in [5.74, 6) is -1.65. The summed E-state index contributed by atoms with van der Waals surface area (Å²) in [6, 6.07) is 16.6. The van der Waals surface area contributed by atoms with Crippen LogP contribution in [0.25, 0.3) is 6.08 Å². The molecule has 1 aliphatic heterocycles. The van der Waals surface area contributed by atoms with Crippen molar-refractivity contribution in [3.63, 3.8) is 0 Å². The number of benzene rings is 3. The number of halogens is 3. The van der Waals surface area contributed by atoms with Gasteiger partial charge in [-0.3, -0.25) is 14.9 Å². The van der Waals surface area contributed by atoms with Crippen LogP contribution in [-0.2, 0) is 16.2 Å². The standard InChI is InChI=1S/C24H15BrClFN2O4/c25-16-6-8-17(9-7-16)29-23(31)18(22(30)28-24(29)32)11-14-5-10-21(19(26)12-14)33-13-15-3-1-2-4-20(15)27/h1-12H,13H2,(H,28,30,32)/b18-11+. The molecule has 0 aromatic heterocycles. The average molecular weight is 530 g/mol. The molecule has 1 fully saturated rings. The van der Waals surface area contributed by atoms with Crippen LogP contribution in [0.4, 0.5) is 14.9 Å². The third-order valence-corrected chi connectivity index (χ3v) is 5.62. The molecule has 0 unspecified atom stereocenters. The van der Waals surface area contributed by atoms with Crippen LogP contribution in [0.5, 0.6) is 5.75 Å². The number of anilines is 1. The number of ether oxygens (including phenoxy) is 1. The second kappa shape index (κ2) is 9.56. The van der Waals surface area contributed by atoms with Gasteiger partial charge in [0.2, 0.25) is 0 Å². The van der Waals surface area contributed by atoms with Crippen LogP contribution >= 0.6 is 27.5 Å². The molecule has 33 heavy (non-hydrogen) atoms. The maximum atomic E-state index is 13.8. The van der Waals surface area contributed by atoms with Gasteiger partial charge >= 0.3 is 6.03 Å². The number of nitrogens with one attached hydrogen (secondary N) is 1. The number of urea groups is 1. The summed E-state index contributed by atoms with van der Waals surface area (Å²) in [4.78, 5) is 38.5. The fraction of sp³-hybridized carbons (Fsp3) is 0.0417. The molecule has 0 spiro atoms. The van der Waals surface area contributed by atoms with Crippen molar-refractivity contribution in [3.8, 4) is 5.75 Å². The zero-order valence-electron chi connectivity index (χ0n) is 16.8. The largest absolute Gasteiger partial charge is 0.487 e. The number of carbonyl (C=O) groups excluding carboxylic acids is 3. The van der Waals surface area contributed by atoms with E-state index in [2.05, 4.69) is 21.2 Å². The fourth-order valence-electron chi connectivity index (χ4n) is 3.14. The van der Waals surface area contributed by atoms with Crippen molar-refractivity contribution in [3.05, 3.63) is 98.7 Å². The van der Waals surface area contributed by atoms with E-state index in [0.29, 0.717) is 22.6 Å². The normalized spacial score (nSPS) is 15.1. The van der Waals surface area contributed by atoms with E-state index in [1.165, 1.54) is 18.2 Å². The third kappa shape index (κ3) is 4.97. The second-order valence-electron chi connectivity index (χ2n) is 7.00. The number of hydrogen-bond donors (Lipinski definition) is 1. The molecule has 0 saturated carbocycles. The number of nitrogens with zero attached hydrogens (tertiary/aromatic N) is 1. The van der Waals surface area contributed by atoms with Crippen LogP contribution in [0, 0.1) is 5.82 Å². The molecule has 6 nitrogen and oxygen atoms in total. The summed E-state index contributed by atoms with van der Waals surface area (Å²) < 4.78 is 20.1. The minimum absolute atomic E-state index is 0.0159. The van der Waals surface area contributed by atoms with E-state index in [0.717, 1.165) is 9.37 Å². The number of carbonyl (C=O) groups is 3. The quantitative estimate of drug-likeness (QED) is 0.350. The van der Waals surface area contributed by atoms with E-state index in [4.69, 9.17) is 16.3 Å². The Morgan fingerprint density at radius 3 is 2.45 bits per heavy atom. The molecule has 1 aliphatic rings. The Bertz CT molecular complexity index is 1290. The average Bonchev–Trinajstić information content (AvgIpc) is 2.78. The first-order valence-corrected chi connectivity index (χ1v) is 10.8. The van der Waals surface area contributed by atoms with Gasteiger partial charge in [0.1, 0.15) is 23.7 Å². The molecule has 1 N–H and O–H groups in total. The minimum atomic E-state index is -0.834. The predicted octanol–water partition coefficient (Wildman–Crippen LogP) is 5.49. The lowest BCUT2D eigenvalue weighted by molar-refractivity contribution is -0.122. The highest BCUT2D eigenvalue weighted by Crippen LogP contribution is 2.29. The molecule has 0 aliphatic carbocycles. The van der Waals surface area contributed by atoms with Crippen molar-refractivity contribution in [2.45, 2.75) is 6.61 Å². The van der Waals surface area contributed by atoms with E-state index >= 15 is 0 Å². The minimum Gasteiger partial charge on any atom is -0.487 e. The van der Waals surface area contributed by atoms with Crippen molar-refractivity contribution in [1.82, 2.24) is 5.32 Å². The van der Waals surface area contributed by atoms with E-state index in [9.17, 15) is 18.8 Å². The maximum absolute atomic E-state index is 13.8. The molecule has 3 aromatic carbocycles. The van der Waals surface area contributed by atoms with Crippen LogP contribution in [0.3, 0.4) is 0 Å². The summed E-state index contributed by atoms with van der Waals surface area (Å²) in [5.41, 5.74) is 0.909. The monoisotopic (exact) mass is 528 g/mol. The maximum Gasteiger partial charge on any atom is 0.335 e. The van der Waals surface area contributed by atoms with Gasteiger partial charge in [0, 0.05) is 10.0 Å². The molecule has 9 heteroatoms. The molecular formula is C24H15BrClFN2O4. The Morgan fingerprint density at radius 2 is 1.76 bits per heavy atom. The van der Waals surface area contributed by atoms with Crippen LogP contribution in [-0.4, -0.2) is 17.8 Å². The molecule has 0 bridgehead atoms. The van der Waals surface area contributed by atoms with Crippen molar-refractivity contribution in [2.75, 3.05) is 4.90 Å². The lowest BCUT2D eigenvalue weighted by Crippen LogP contribution is -2.54. The Balaban J connectivity index is 1.57. The van der Waals surface area contributed by atoms with Gasteiger partial charge in [-0.2, -0.15) is 0 Å². The number of amides is 4. The van der Waals surface area contributed by atoms with Gasteiger partial charge in [-0.25, -0.2) is 14.1 Å². The van der Waals surface area contributed by atoms with Gasteiger partial charge in [0.25, 0.3) is 11.8 Å². The van der Waals surface area contributed by atoms with Crippen LogP contribution in [0.2, 0.25) is 5.02 Å². The number of rotatable bonds is 5. The van der Waals surface area contributed by atoms with Gasteiger partial charge in [-0.05, 0) is 54.1 Å². The molecule has 0 radical (unpaired) electrons. The predicted molar refractivity (Wildman–Crippen MR) is 125 cm³/mol. The van der Waals surface area contributed by atoms with Gasteiger partial charge < -0.3 is 4.74 Å². The van der Waals surface area contributed by atoms with Crippen molar-refractivity contribution < 1.29 is 23.5 Å². The summed E-state index contributed by atoms with van der Waals surface area (Å²) in [6.45, 7) is -0.0159. The van der Waals surface area contributed by atoms with Crippen LogP contribution in [0.15, 0.2) is 76.8 Å². The highest BCUT2D eigenvalue weighted by atomic mass is 79.9. The molecule has 3 aromatic rings. The first kappa shape index (κ1) is 22.7. The van der Waals surface area contributed by atoms with E-state index in [1.807, 2.05) is 0 Å². The number of barbiturate groups is 1. The summed E-state index contributed by atoms with van der Waals surface area (Å²) >= 11 is 9.58.